The van der Waals surface area contributed by atoms with Gasteiger partial charge in [-0.1, -0.05) is 31.2 Å². The Morgan fingerprint density at radius 1 is 1.06 bits per heavy atom. The fourth-order valence-corrected chi connectivity index (χ4v) is 4.18. The zero-order valence-electron chi connectivity index (χ0n) is 19.7. The molecule has 1 unspecified atom stereocenters. The number of carbonyl (C=O) groups excluding carboxylic acids is 2. The van der Waals surface area contributed by atoms with Crippen molar-refractivity contribution in [2.24, 2.45) is 0 Å². The molecule has 0 aliphatic carbocycles. The minimum Gasteiger partial charge on any atom is -0.507 e. The quantitative estimate of drug-likeness (QED) is 0.275. The number of carbonyl (C=O) groups is 2. The number of aliphatic hydroxyl groups is 1. The number of hydrogen-bond acceptors (Lipinski definition) is 5. The van der Waals surface area contributed by atoms with Crippen LogP contribution in [0.3, 0.4) is 0 Å². The van der Waals surface area contributed by atoms with Crippen LogP contribution in [0, 0.1) is 12.7 Å². The maximum absolute atomic E-state index is 13.9. The van der Waals surface area contributed by atoms with E-state index in [9.17, 15) is 19.1 Å². The number of benzene rings is 3. The Bertz CT molecular complexity index is 1320. The molecule has 1 atom stereocenters. The summed E-state index contributed by atoms with van der Waals surface area (Å²) >= 11 is 0. The van der Waals surface area contributed by atoms with Gasteiger partial charge < -0.3 is 14.6 Å². The molecule has 0 saturated carbocycles. The van der Waals surface area contributed by atoms with Crippen LogP contribution >= 0.6 is 0 Å². The summed E-state index contributed by atoms with van der Waals surface area (Å²) in [4.78, 5) is 28.0. The van der Waals surface area contributed by atoms with Gasteiger partial charge in [-0.15, -0.1) is 0 Å². The van der Waals surface area contributed by atoms with E-state index in [1.54, 1.807) is 55.5 Å². The largest absolute Gasteiger partial charge is 0.507 e. The van der Waals surface area contributed by atoms with Gasteiger partial charge in [0.1, 0.15) is 23.1 Å². The molecule has 1 saturated heterocycles. The molecule has 1 aliphatic rings. The van der Waals surface area contributed by atoms with E-state index in [0.717, 1.165) is 6.42 Å². The summed E-state index contributed by atoms with van der Waals surface area (Å²) in [7, 11) is 1.49. The first-order chi connectivity index (χ1) is 16.9. The average molecular weight is 476 g/mol. The molecule has 4 rings (SSSR count). The molecule has 1 fully saturated rings. The van der Waals surface area contributed by atoms with Gasteiger partial charge in [0, 0.05) is 22.9 Å². The number of nitrogens with zero attached hydrogens (tertiary/aromatic N) is 1. The normalized spacial score (nSPS) is 17.0. The van der Waals surface area contributed by atoms with Crippen molar-refractivity contribution >= 4 is 23.1 Å². The summed E-state index contributed by atoms with van der Waals surface area (Å²) in [5.74, 6) is -1.47. The maximum atomic E-state index is 13.9. The van der Waals surface area contributed by atoms with Crippen molar-refractivity contribution < 1.29 is 28.6 Å². The average Bonchev–Trinajstić information content (AvgIpc) is 3.14. The van der Waals surface area contributed by atoms with Gasteiger partial charge in [0.2, 0.25) is 0 Å². The van der Waals surface area contributed by atoms with Crippen LogP contribution in [0.25, 0.3) is 5.76 Å². The first kappa shape index (κ1) is 24.0. The SMILES string of the molecule is CCCOc1cccc(N2C(=O)C(=O)/C(=C(/O)c3ccc(F)c(C)c3)C2c2ccccc2OC)c1. The highest BCUT2D eigenvalue weighted by Crippen LogP contribution is 2.45. The molecule has 35 heavy (non-hydrogen) atoms. The van der Waals surface area contributed by atoms with Crippen LogP contribution in [0.15, 0.2) is 72.3 Å². The second-order valence-electron chi connectivity index (χ2n) is 8.22. The summed E-state index contributed by atoms with van der Waals surface area (Å²) < 4.78 is 25.1. The van der Waals surface area contributed by atoms with Gasteiger partial charge in [-0.25, -0.2) is 4.39 Å². The van der Waals surface area contributed by atoms with Gasteiger partial charge in [0.15, 0.2) is 0 Å². The lowest BCUT2D eigenvalue weighted by Crippen LogP contribution is -2.29. The van der Waals surface area contributed by atoms with Crippen LogP contribution in [0.2, 0.25) is 0 Å². The number of ether oxygens (including phenoxy) is 2. The zero-order valence-corrected chi connectivity index (χ0v) is 19.7. The first-order valence-corrected chi connectivity index (χ1v) is 11.3. The van der Waals surface area contributed by atoms with Crippen molar-refractivity contribution in [2.45, 2.75) is 26.3 Å². The Kier molecular flexibility index (Phi) is 6.87. The molecule has 0 bridgehead atoms. The second kappa shape index (κ2) is 10.0. The van der Waals surface area contributed by atoms with E-state index in [-0.39, 0.29) is 16.9 Å². The van der Waals surface area contributed by atoms with Crippen LogP contribution in [-0.4, -0.2) is 30.5 Å². The number of Topliss-reactive ketones (excluding diaryl/α,β-unsaturated/α-hetero) is 1. The first-order valence-electron chi connectivity index (χ1n) is 11.3. The molecule has 1 N–H and O–H groups in total. The van der Waals surface area contributed by atoms with Crippen molar-refractivity contribution in [2.75, 3.05) is 18.6 Å². The molecule has 6 nitrogen and oxygen atoms in total. The van der Waals surface area contributed by atoms with Gasteiger partial charge in [-0.2, -0.15) is 0 Å². The molecule has 3 aromatic carbocycles. The lowest BCUT2D eigenvalue weighted by molar-refractivity contribution is -0.132. The number of hydrogen-bond donors (Lipinski definition) is 1. The van der Waals surface area contributed by atoms with Gasteiger partial charge in [-0.05, 0) is 55.3 Å². The summed E-state index contributed by atoms with van der Waals surface area (Å²) in [6, 6.07) is 17.0. The van der Waals surface area contributed by atoms with E-state index in [0.29, 0.717) is 34.9 Å². The van der Waals surface area contributed by atoms with Crippen molar-refractivity contribution in [3.63, 3.8) is 0 Å². The van der Waals surface area contributed by atoms with Gasteiger partial charge in [0.25, 0.3) is 11.7 Å². The summed E-state index contributed by atoms with van der Waals surface area (Å²) in [6.45, 7) is 4.05. The molecule has 1 aliphatic heterocycles. The second-order valence-corrected chi connectivity index (χ2v) is 8.22. The van der Waals surface area contributed by atoms with Crippen molar-refractivity contribution in [1.29, 1.82) is 0 Å². The number of anilines is 1. The zero-order chi connectivity index (χ0) is 25.1. The maximum Gasteiger partial charge on any atom is 0.300 e. The highest BCUT2D eigenvalue weighted by molar-refractivity contribution is 6.51. The number of rotatable bonds is 7. The van der Waals surface area contributed by atoms with Crippen LogP contribution in [0.5, 0.6) is 11.5 Å². The van der Waals surface area contributed by atoms with E-state index in [1.807, 2.05) is 6.92 Å². The van der Waals surface area contributed by atoms with Gasteiger partial charge >= 0.3 is 0 Å². The van der Waals surface area contributed by atoms with Gasteiger partial charge in [-0.3, -0.25) is 14.5 Å². The van der Waals surface area contributed by atoms with E-state index >= 15 is 0 Å². The Morgan fingerprint density at radius 3 is 2.54 bits per heavy atom. The molecule has 0 spiro atoms. The fraction of sp³-hybridized carbons (Fsp3) is 0.214. The number of halogens is 1. The summed E-state index contributed by atoms with van der Waals surface area (Å²) in [5, 5.41) is 11.2. The Labute approximate surface area is 203 Å². The van der Waals surface area contributed by atoms with E-state index < -0.39 is 23.5 Å². The van der Waals surface area contributed by atoms with Crippen molar-refractivity contribution in [1.82, 2.24) is 0 Å². The minimum absolute atomic E-state index is 0.106. The van der Waals surface area contributed by atoms with Crippen LogP contribution in [0.4, 0.5) is 10.1 Å². The standard InChI is InChI=1S/C28H26FNO5/c1-4-14-35-20-9-7-8-19(16-20)30-25(21-10-5-6-11-23(21)34-3)24(27(32)28(30)33)26(31)18-12-13-22(29)17(2)15-18/h5-13,15-16,25,31H,4,14H2,1-3H3/b26-24+. The Morgan fingerprint density at radius 2 is 1.83 bits per heavy atom. The number of ketones is 1. The van der Waals surface area contributed by atoms with Gasteiger partial charge in [0.05, 0.1) is 25.3 Å². The van der Waals surface area contributed by atoms with E-state index in [1.165, 1.54) is 30.2 Å². The van der Waals surface area contributed by atoms with E-state index in [4.69, 9.17) is 9.47 Å². The summed E-state index contributed by atoms with van der Waals surface area (Å²) in [5.41, 5.74) is 1.39. The third kappa shape index (κ3) is 4.49. The predicted molar refractivity (Wildman–Crippen MR) is 131 cm³/mol. The number of aliphatic hydroxyl groups excluding tert-OH is 1. The minimum atomic E-state index is -0.974. The number of amides is 1. The Balaban J connectivity index is 1.94. The number of aryl methyl sites for hydroxylation is 1. The topological polar surface area (TPSA) is 76.1 Å². The molecule has 1 amide bonds. The lowest BCUT2D eigenvalue weighted by Gasteiger charge is -2.27. The smallest absolute Gasteiger partial charge is 0.300 e. The summed E-state index contributed by atoms with van der Waals surface area (Å²) in [6.07, 6.45) is 0.813. The monoisotopic (exact) mass is 475 g/mol. The van der Waals surface area contributed by atoms with E-state index in [2.05, 4.69) is 0 Å². The predicted octanol–water partition coefficient (Wildman–Crippen LogP) is 5.56. The molecule has 3 aromatic rings. The van der Waals surface area contributed by atoms with Crippen molar-refractivity contribution in [3.05, 3.63) is 94.8 Å². The molecule has 1 heterocycles. The molecular formula is C28H26FNO5. The third-order valence-corrected chi connectivity index (χ3v) is 5.88. The number of para-hydroxylation sites is 1. The van der Waals surface area contributed by atoms with Crippen LogP contribution < -0.4 is 14.4 Å². The Hall–Kier alpha value is -4.13. The highest BCUT2D eigenvalue weighted by Gasteiger charge is 2.48. The van der Waals surface area contributed by atoms with Crippen LogP contribution in [0.1, 0.15) is 36.1 Å². The lowest BCUT2D eigenvalue weighted by atomic mass is 9.94. The highest BCUT2D eigenvalue weighted by atomic mass is 19.1. The molecule has 180 valence electrons. The molecule has 0 aromatic heterocycles. The third-order valence-electron chi connectivity index (χ3n) is 5.88. The van der Waals surface area contributed by atoms with Crippen LogP contribution in [-0.2, 0) is 9.59 Å². The molecule has 7 heteroatoms. The number of methoxy groups -OCH3 is 1. The van der Waals surface area contributed by atoms with Crippen molar-refractivity contribution in [3.8, 4) is 11.5 Å². The fourth-order valence-electron chi connectivity index (χ4n) is 4.18. The molecule has 0 radical (unpaired) electrons. The molecular weight excluding hydrogens is 449 g/mol.